The zero-order valence-electron chi connectivity index (χ0n) is 7.90. The molecule has 2 heteroatoms. The van der Waals surface area contributed by atoms with Crippen molar-refractivity contribution in [2.75, 3.05) is 7.11 Å². The molecule has 2 rings (SSSR count). The van der Waals surface area contributed by atoms with Crippen LogP contribution in [0.1, 0.15) is 0 Å². The molecule has 1 aromatic carbocycles. The number of aromatic nitrogens is 1. The van der Waals surface area contributed by atoms with Crippen molar-refractivity contribution in [3.8, 4) is 16.9 Å². The van der Waals surface area contributed by atoms with Crippen molar-refractivity contribution in [3.63, 3.8) is 0 Å². The van der Waals surface area contributed by atoms with E-state index in [0.717, 1.165) is 16.9 Å². The first-order valence-electron chi connectivity index (χ1n) is 4.36. The zero-order valence-corrected chi connectivity index (χ0v) is 7.90. The molecule has 0 aliphatic heterocycles. The topological polar surface area (TPSA) is 22.1 Å². The second kappa shape index (κ2) is 3.92. The molecule has 1 radical (unpaired) electrons. The summed E-state index contributed by atoms with van der Waals surface area (Å²) in [6, 6.07) is 12.9. The summed E-state index contributed by atoms with van der Waals surface area (Å²) in [4.78, 5) is 3.92. The molecular weight excluding hydrogens is 174 g/mol. The van der Waals surface area contributed by atoms with Gasteiger partial charge in [0.1, 0.15) is 5.75 Å². The Balaban J connectivity index is 2.34. The Morgan fingerprint density at radius 3 is 2.50 bits per heavy atom. The van der Waals surface area contributed by atoms with Crippen LogP contribution < -0.4 is 4.74 Å². The molecule has 0 bridgehead atoms. The number of benzene rings is 1. The molecule has 0 amide bonds. The normalized spacial score (nSPS) is 9.79. The number of hydrogen-bond donors (Lipinski definition) is 0. The van der Waals surface area contributed by atoms with Crippen molar-refractivity contribution in [3.05, 3.63) is 48.8 Å². The second-order valence-corrected chi connectivity index (χ2v) is 2.88. The average molecular weight is 184 g/mol. The fourth-order valence-corrected chi connectivity index (χ4v) is 1.27. The maximum atomic E-state index is 5.08. The molecule has 0 atom stereocenters. The Labute approximate surface area is 83.2 Å². The summed E-state index contributed by atoms with van der Waals surface area (Å²) < 4.78 is 5.08. The minimum absolute atomic E-state index is 0.864. The molecule has 0 aliphatic rings. The summed E-state index contributed by atoms with van der Waals surface area (Å²) >= 11 is 0. The summed E-state index contributed by atoms with van der Waals surface area (Å²) in [6.45, 7) is 0. The highest BCUT2D eigenvalue weighted by Gasteiger charge is 1.96. The van der Waals surface area contributed by atoms with Gasteiger partial charge in [-0.3, -0.25) is 4.98 Å². The van der Waals surface area contributed by atoms with Crippen molar-refractivity contribution >= 4 is 0 Å². The minimum Gasteiger partial charge on any atom is -0.497 e. The molecule has 69 valence electrons. The monoisotopic (exact) mass is 184 g/mol. The molecule has 2 aromatic rings. The second-order valence-electron chi connectivity index (χ2n) is 2.88. The number of rotatable bonds is 2. The van der Waals surface area contributed by atoms with Gasteiger partial charge < -0.3 is 4.74 Å². The van der Waals surface area contributed by atoms with Gasteiger partial charge in [0, 0.05) is 18.5 Å². The van der Waals surface area contributed by atoms with Crippen LogP contribution in [0.4, 0.5) is 0 Å². The van der Waals surface area contributed by atoms with E-state index < -0.39 is 0 Å². The third-order valence-electron chi connectivity index (χ3n) is 2.02. The lowest BCUT2D eigenvalue weighted by Gasteiger charge is -2.02. The number of ether oxygens (including phenoxy) is 1. The molecule has 0 aliphatic carbocycles. The number of pyridine rings is 1. The Morgan fingerprint density at radius 2 is 1.93 bits per heavy atom. The first-order chi connectivity index (χ1) is 6.90. The van der Waals surface area contributed by atoms with E-state index in [1.54, 1.807) is 19.5 Å². The van der Waals surface area contributed by atoms with E-state index in [0.29, 0.717) is 0 Å². The van der Waals surface area contributed by atoms with Gasteiger partial charge in [0.05, 0.1) is 7.11 Å². The van der Waals surface area contributed by atoms with E-state index >= 15 is 0 Å². The first kappa shape index (κ1) is 8.75. The Hall–Kier alpha value is -1.83. The van der Waals surface area contributed by atoms with Gasteiger partial charge in [-0.2, -0.15) is 0 Å². The zero-order chi connectivity index (χ0) is 9.80. The maximum absolute atomic E-state index is 5.08. The van der Waals surface area contributed by atoms with Crippen molar-refractivity contribution in [2.24, 2.45) is 0 Å². The maximum Gasteiger partial charge on any atom is 0.118 e. The van der Waals surface area contributed by atoms with Crippen molar-refractivity contribution < 1.29 is 4.74 Å². The lowest BCUT2D eigenvalue weighted by molar-refractivity contribution is 0.415. The van der Waals surface area contributed by atoms with Crippen LogP contribution in [0.15, 0.2) is 42.7 Å². The third-order valence-corrected chi connectivity index (χ3v) is 2.02. The summed E-state index contributed by atoms with van der Waals surface area (Å²) in [6.07, 6.45) is 3.43. The average Bonchev–Trinajstić information content (AvgIpc) is 2.30. The van der Waals surface area contributed by atoms with Gasteiger partial charge in [-0.15, -0.1) is 0 Å². The van der Waals surface area contributed by atoms with Gasteiger partial charge in [0.25, 0.3) is 0 Å². The predicted molar refractivity (Wildman–Crippen MR) is 55.1 cm³/mol. The molecule has 2 nitrogen and oxygen atoms in total. The number of hydrogen-bond acceptors (Lipinski definition) is 2. The van der Waals surface area contributed by atoms with E-state index in [4.69, 9.17) is 4.74 Å². The van der Waals surface area contributed by atoms with Crippen LogP contribution in [0, 0.1) is 6.07 Å². The van der Waals surface area contributed by atoms with Gasteiger partial charge in [-0.1, -0.05) is 12.1 Å². The van der Waals surface area contributed by atoms with Crippen LogP contribution in [0.25, 0.3) is 11.1 Å². The van der Waals surface area contributed by atoms with Crippen LogP contribution in [-0.4, -0.2) is 12.1 Å². The van der Waals surface area contributed by atoms with E-state index in [2.05, 4.69) is 11.1 Å². The SMILES string of the molecule is COc1ccc(-c2[c]cncc2)cc1. The van der Waals surface area contributed by atoms with E-state index in [-0.39, 0.29) is 0 Å². The molecule has 0 saturated heterocycles. The fraction of sp³-hybridized carbons (Fsp3) is 0.0833. The third kappa shape index (κ3) is 1.74. The molecule has 0 unspecified atom stereocenters. The summed E-state index contributed by atoms with van der Waals surface area (Å²) in [5.74, 6) is 0.864. The molecule has 1 aromatic heterocycles. The molecule has 0 fully saturated rings. The molecule has 0 spiro atoms. The van der Waals surface area contributed by atoms with Crippen LogP contribution in [-0.2, 0) is 0 Å². The minimum atomic E-state index is 0.864. The lowest BCUT2D eigenvalue weighted by atomic mass is 10.1. The van der Waals surface area contributed by atoms with Crippen LogP contribution >= 0.6 is 0 Å². The van der Waals surface area contributed by atoms with Crippen LogP contribution in [0.2, 0.25) is 0 Å². The molecule has 14 heavy (non-hydrogen) atoms. The quantitative estimate of drug-likeness (QED) is 0.715. The largest absolute Gasteiger partial charge is 0.497 e. The standard InChI is InChI=1S/C12H10NO/c1-14-12-4-2-10(3-5-12)11-6-8-13-9-7-11/h2-6,8-9H,1H3. The Morgan fingerprint density at radius 1 is 1.14 bits per heavy atom. The van der Waals surface area contributed by atoms with Crippen LogP contribution in [0.3, 0.4) is 0 Å². The molecule has 1 heterocycles. The number of nitrogens with zero attached hydrogens (tertiary/aromatic N) is 1. The van der Waals surface area contributed by atoms with Crippen molar-refractivity contribution in [1.29, 1.82) is 0 Å². The Bertz CT molecular complexity index is 394. The van der Waals surface area contributed by atoms with Gasteiger partial charge >= 0.3 is 0 Å². The van der Waals surface area contributed by atoms with E-state index in [1.807, 2.05) is 30.3 Å². The van der Waals surface area contributed by atoms with Crippen LogP contribution in [0.5, 0.6) is 5.75 Å². The van der Waals surface area contributed by atoms with E-state index in [9.17, 15) is 0 Å². The highest BCUT2D eigenvalue weighted by atomic mass is 16.5. The van der Waals surface area contributed by atoms with Gasteiger partial charge in [0.15, 0.2) is 0 Å². The first-order valence-corrected chi connectivity index (χ1v) is 4.36. The molecule has 0 N–H and O–H groups in total. The Kier molecular flexibility index (Phi) is 2.45. The van der Waals surface area contributed by atoms with E-state index in [1.165, 1.54) is 0 Å². The van der Waals surface area contributed by atoms with Gasteiger partial charge in [0.2, 0.25) is 0 Å². The predicted octanol–water partition coefficient (Wildman–Crippen LogP) is 2.56. The lowest BCUT2D eigenvalue weighted by Crippen LogP contribution is -1.82. The van der Waals surface area contributed by atoms with Gasteiger partial charge in [-0.25, -0.2) is 0 Å². The highest BCUT2D eigenvalue weighted by Crippen LogP contribution is 2.20. The summed E-state index contributed by atoms with van der Waals surface area (Å²) in [7, 11) is 1.66. The van der Waals surface area contributed by atoms with Crippen molar-refractivity contribution in [2.45, 2.75) is 0 Å². The van der Waals surface area contributed by atoms with Crippen molar-refractivity contribution in [1.82, 2.24) is 4.98 Å². The summed E-state index contributed by atoms with van der Waals surface area (Å²) in [5.41, 5.74) is 2.16. The smallest absolute Gasteiger partial charge is 0.118 e. The van der Waals surface area contributed by atoms with Gasteiger partial charge in [-0.05, 0) is 29.3 Å². The number of methoxy groups -OCH3 is 1. The highest BCUT2D eigenvalue weighted by molar-refractivity contribution is 5.62. The summed E-state index contributed by atoms with van der Waals surface area (Å²) in [5, 5.41) is 0. The fourth-order valence-electron chi connectivity index (χ4n) is 1.27. The molecule has 0 saturated carbocycles. The molecular formula is C12H10NO.